The van der Waals surface area contributed by atoms with Gasteiger partial charge in [-0.1, -0.05) is 42.0 Å². The second-order valence-corrected chi connectivity index (χ2v) is 7.16. The molecule has 0 spiro atoms. The van der Waals surface area contributed by atoms with Gasteiger partial charge in [0.05, 0.1) is 40.4 Å². The molecule has 3 rings (SSSR count). The van der Waals surface area contributed by atoms with E-state index in [0.717, 1.165) is 38.3 Å². The Bertz CT molecular complexity index is 839. The molecule has 0 radical (unpaired) electrons. The van der Waals surface area contributed by atoms with Crippen molar-refractivity contribution in [2.75, 3.05) is 40.4 Å². The van der Waals surface area contributed by atoms with Crippen LogP contribution in [0.25, 0.3) is 6.08 Å². The van der Waals surface area contributed by atoms with E-state index in [1.54, 1.807) is 26.4 Å². The highest BCUT2D eigenvalue weighted by molar-refractivity contribution is 5.92. The van der Waals surface area contributed by atoms with Gasteiger partial charge in [0.15, 0.2) is 11.5 Å². The summed E-state index contributed by atoms with van der Waals surface area (Å²) in [7, 11) is 3.21. The standard InChI is InChI=1S/C23H28N2O3/c1-18-6-4-7-19(16-18)17-24-12-14-25(15-13-24)22(26)11-10-20-8-5-9-21(27-2)23(20)28-3/h4-11,16H,12-15,17H2,1-3H3/p+1/b11-10+. The van der Waals surface area contributed by atoms with Crippen molar-refractivity contribution in [2.45, 2.75) is 13.5 Å². The van der Waals surface area contributed by atoms with E-state index in [0.29, 0.717) is 11.5 Å². The van der Waals surface area contributed by atoms with Crippen molar-refractivity contribution in [3.63, 3.8) is 0 Å². The fourth-order valence-corrected chi connectivity index (χ4v) is 3.64. The first kappa shape index (κ1) is 20.0. The number of nitrogens with zero attached hydrogens (tertiary/aromatic N) is 1. The summed E-state index contributed by atoms with van der Waals surface area (Å²) in [5.41, 5.74) is 3.49. The lowest BCUT2D eigenvalue weighted by atomic mass is 10.1. The quantitative estimate of drug-likeness (QED) is 0.778. The third-order valence-corrected chi connectivity index (χ3v) is 5.16. The highest BCUT2D eigenvalue weighted by Crippen LogP contribution is 2.31. The third-order valence-electron chi connectivity index (χ3n) is 5.16. The zero-order valence-electron chi connectivity index (χ0n) is 16.9. The fourth-order valence-electron chi connectivity index (χ4n) is 3.64. The van der Waals surface area contributed by atoms with Gasteiger partial charge in [-0.25, -0.2) is 0 Å². The predicted octanol–water partition coefficient (Wildman–Crippen LogP) is 1.95. The van der Waals surface area contributed by atoms with Crippen LogP contribution in [0.1, 0.15) is 16.7 Å². The Morgan fingerprint density at radius 2 is 1.86 bits per heavy atom. The van der Waals surface area contributed by atoms with E-state index in [2.05, 4.69) is 31.2 Å². The molecular weight excluding hydrogens is 352 g/mol. The molecule has 5 nitrogen and oxygen atoms in total. The van der Waals surface area contributed by atoms with Crippen LogP contribution >= 0.6 is 0 Å². The summed E-state index contributed by atoms with van der Waals surface area (Å²) in [6, 6.07) is 14.3. The molecule has 0 aliphatic carbocycles. The number of aryl methyl sites for hydroxylation is 1. The monoisotopic (exact) mass is 381 g/mol. The zero-order chi connectivity index (χ0) is 19.9. The molecule has 0 aromatic heterocycles. The van der Waals surface area contributed by atoms with Crippen molar-refractivity contribution in [2.24, 2.45) is 0 Å². The van der Waals surface area contributed by atoms with Gasteiger partial charge in [-0.2, -0.15) is 0 Å². The summed E-state index contributed by atoms with van der Waals surface area (Å²) in [5, 5.41) is 0. The van der Waals surface area contributed by atoms with Crippen LogP contribution in [0.3, 0.4) is 0 Å². The Balaban J connectivity index is 1.56. The van der Waals surface area contributed by atoms with E-state index in [9.17, 15) is 4.79 Å². The van der Waals surface area contributed by atoms with Gasteiger partial charge in [-0.3, -0.25) is 4.79 Å². The van der Waals surface area contributed by atoms with Gasteiger partial charge in [0.1, 0.15) is 6.54 Å². The lowest BCUT2D eigenvalue weighted by Gasteiger charge is -2.31. The topological polar surface area (TPSA) is 43.2 Å². The van der Waals surface area contributed by atoms with Gasteiger partial charge in [-0.15, -0.1) is 0 Å². The number of hydrogen-bond acceptors (Lipinski definition) is 3. The summed E-state index contributed by atoms with van der Waals surface area (Å²) in [5.74, 6) is 1.34. The van der Waals surface area contributed by atoms with Crippen LogP contribution in [0.2, 0.25) is 0 Å². The number of para-hydroxylation sites is 1. The third kappa shape index (κ3) is 4.93. The SMILES string of the molecule is COc1cccc(/C=C/C(=O)N2CC[NH+](Cc3cccc(C)c3)CC2)c1OC. The van der Waals surface area contributed by atoms with E-state index in [1.807, 2.05) is 23.1 Å². The van der Waals surface area contributed by atoms with Crippen molar-refractivity contribution in [3.05, 3.63) is 65.2 Å². The lowest BCUT2D eigenvalue weighted by Crippen LogP contribution is -3.13. The van der Waals surface area contributed by atoms with Gasteiger partial charge in [0.2, 0.25) is 5.91 Å². The fraction of sp³-hybridized carbons (Fsp3) is 0.348. The molecule has 1 fully saturated rings. The molecule has 1 amide bonds. The number of carbonyl (C=O) groups excluding carboxylic acids is 1. The lowest BCUT2D eigenvalue weighted by molar-refractivity contribution is -0.917. The zero-order valence-corrected chi connectivity index (χ0v) is 16.9. The van der Waals surface area contributed by atoms with Gasteiger partial charge >= 0.3 is 0 Å². The molecule has 1 saturated heterocycles. The molecule has 2 aromatic rings. The molecule has 1 heterocycles. The molecule has 1 aliphatic heterocycles. The summed E-state index contributed by atoms with van der Waals surface area (Å²) >= 11 is 0. The average molecular weight is 381 g/mol. The van der Waals surface area contributed by atoms with E-state index in [1.165, 1.54) is 16.0 Å². The maximum Gasteiger partial charge on any atom is 0.246 e. The second-order valence-electron chi connectivity index (χ2n) is 7.16. The normalized spacial score (nSPS) is 15.0. The summed E-state index contributed by atoms with van der Waals surface area (Å²) in [6.45, 7) is 6.63. The van der Waals surface area contributed by atoms with Crippen LogP contribution < -0.4 is 14.4 Å². The first-order valence-electron chi connectivity index (χ1n) is 9.68. The second kappa shape index (κ2) is 9.42. The summed E-state index contributed by atoms with van der Waals surface area (Å²) in [6.07, 6.45) is 3.43. The number of amides is 1. The van der Waals surface area contributed by atoms with E-state index in [4.69, 9.17) is 9.47 Å². The summed E-state index contributed by atoms with van der Waals surface area (Å²) < 4.78 is 10.7. The number of hydrogen-bond donors (Lipinski definition) is 1. The Morgan fingerprint density at radius 3 is 2.54 bits per heavy atom. The average Bonchev–Trinajstić information content (AvgIpc) is 2.72. The van der Waals surface area contributed by atoms with Crippen LogP contribution in [-0.2, 0) is 11.3 Å². The van der Waals surface area contributed by atoms with Crippen LogP contribution in [0.4, 0.5) is 0 Å². The Hall–Kier alpha value is -2.79. The van der Waals surface area contributed by atoms with Gasteiger partial charge < -0.3 is 19.3 Å². The molecule has 28 heavy (non-hydrogen) atoms. The molecule has 2 aromatic carbocycles. The minimum atomic E-state index is 0.0412. The van der Waals surface area contributed by atoms with Crippen LogP contribution in [0, 0.1) is 6.92 Å². The molecular formula is C23H29N2O3+. The number of benzene rings is 2. The molecule has 1 N–H and O–H groups in total. The molecule has 5 heteroatoms. The van der Waals surface area contributed by atoms with Crippen molar-refractivity contribution in [1.82, 2.24) is 4.90 Å². The maximum absolute atomic E-state index is 12.6. The maximum atomic E-state index is 12.6. The van der Waals surface area contributed by atoms with Gasteiger partial charge in [0.25, 0.3) is 0 Å². The number of rotatable bonds is 6. The number of piperazine rings is 1. The van der Waals surface area contributed by atoms with Crippen molar-refractivity contribution >= 4 is 12.0 Å². The summed E-state index contributed by atoms with van der Waals surface area (Å²) in [4.78, 5) is 16.0. The largest absolute Gasteiger partial charge is 0.493 e. The van der Waals surface area contributed by atoms with Gasteiger partial charge in [0, 0.05) is 17.2 Å². The highest BCUT2D eigenvalue weighted by atomic mass is 16.5. The Labute approximate surface area is 167 Å². The minimum Gasteiger partial charge on any atom is -0.493 e. The van der Waals surface area contributed by atoms with Crippen molar-refractivity contribution in [3.8, 4) is 11.5 Å². The van der Waals surface area contributed by atoms with Gasteiger partial charge in [-0.05, 0) is 19.1 Å². The highest BCUT2D eigenvalue weighted by Gasteiger charge is 2.22. The molecule has 1 aliphatic rings. The van der Waals surface area contributed by atoms with E-state index < -0.39 is 0 Å². The Kier molecular flexibility index (Phi) is 6.71. The molecule has 0 bridgehead atoms. The van der Waals surface area contributed by atoms with E-state index in [-0.39, 0.29) is 5.91 Å². The molecule has 0 unspecified atom stereocenters. The van der Waals surface area contributed by atoms with Crippen LogP contribution in [0.5, 0.6) is 11.5 Å². The Morgan fingerprint density at radius 1 is 1.11 bits per heavy atom. The van der Waals surface area contributed by atoms with Crippen molar-refractivity contribution < 1.29 is 19.2 Å². The number of quaternary nitrogens is 1. The number of nitrogens with one attached hydrogen (secondary N) is 1. The first-order valence-corrected chi connectivity index (χ1v) is 9.68. The number of methoxy groups -OCH3 is 2. The minimum absolute atomic E-state index is 0.0412. The predicted molar refractivity (Wildman–Crippen MR) is 111 cm³/mol. The van der Waals surface area contributed by atoms with Crippen LogP contribution in [-0.4, -0.2) is 51.2 Å². The molecule has 0 atom stereocenters. The van der Waals surface area contributed by atoms with E-state index >= 15 is 0 Å². The number of ether oxygens (including phenoxy) is 2. The molecule has 148 valence electrons. The van der Waals surface area contributed by atoms with Crippen molar-refractivity contribution in [1.29, 1.82) is 0 Å². The number of carbonyl (C=O) groups is 1. The van der Waals surface area contributed by atoms with Crippen LogP contribution in [0.15, 0.2) is 48.5 Å². The first-order chi connectivity index (χ1) is 13.6. The molecule has 0 saturated carbocycles. The smallest absolute Gasteiger partial charge is 0.246 e.